The average Bonchev–Trinajstić information content (AvgIpc) is 2.65. The number of hydrogen-bond donors (Lipinski definition) is 2. The molecule has 0 saturated heterocycles. The zero-order chi connectivity index (χ0) is 21.2. The topological polar surface area (TPSA) is 32.3 Å². The first kappa shape index (κ1) is 21.2. The lowest BCUT2D eigenvalue weighted by Crippen LogP contribution is -2.19. The Balaban J connectivity index is 1.94. The van der Waals surface area contributed by atoms with Crippen LogP contribution in [0.25, 0.3) is 6.08 Å². The molecule has 2 nitrogen and oxygen atoms in total. The summed E-state index contributed by atoms with van der Waals surface area (Å²) >= 11 is 0. The van der Waals surface area contributed by atoms with Gasteiger partial charge in [-0.05, 0) is 54.2 Å². The largest absolute Gasteiger partial charge is 0.416 e. The van der Waals surface area contributed by atoms with Gasteiger partial charge in [-0.15, -0.1) is 0 Å². The van der Waals surface area contributed by atoms with Crippen molar-refractivity contribution in [2.24, 2.45) is 0 Å². The molecular weight excluding hydrogens is 396 g/mol. The molecule has 3 rings (SSSR count). The predicted octanol–water partition coefficient (Wildman–Crippen LogP) is 6.22. The molecule has 2 aromatic carbocycles. The van der Waals surface area contributed by atoms with Crippen molar-refractivity contribution < 1.29 is 31.4 Å². The molecule has 0 spiro atoms. The number of aryl methyl sites for hydroxylation is 1. The number of aliphatic hydroxyl groups excluding tert-OH is 1. The van der Waals surface area contributed by atoms with Gasteiger partial charge in [-0.2, -0.15) is 26.3 Å². The van der Waals surface area contributed by atoms with Crippen molar-refractivity contribution in [3.05, 3.63) is 70.3 Å². The van der Waals surface area contributed by atoms with Gasteiger partial charge >= 0.3 is 12.4 Å². The number of nitrogens with one attached hydrogen (secondary N) is 1. The fourth-order valence-corrected chi connectivity index (χ4v) is 3.52. The molecule has 0 aromatic heterocycles. The third kappa shape index (κ3) is 5.12. The summed E-state index contributed by atoms with van der Waals surface area (Å²) in [6.07, 6.45) is -4.31. The molecule has 2 N–H and O–H groups in total. The number of rotatable bonds is 4. The minimum Gasteiger partial charge on any atom is -0.392 e. The van der Waals surface area contributed by atoms with Crippen molar-refractivity contribution in [1.29, 1.82) is 0 Å². The van der Waals surface area contributed by atoms with Gasteiger partial charge in [-0.1, -0.05) is 30.4 Å². The van der Waals surface area contributed by atoms with Gasteiger partial charge in [0.2, 0.25) is 0 Å². The molecule has 156 valence electrons. The summed E-state index contributed by atoms with van der Waals surface area (Å²) in [5, 5.41) is 11.7. The maximum absolute atomic E-state index is 13.1. The Labute approximate surface area is 163 Å². The first-order valence-corrected chi connectivity index (χ1v) is 9.04. The van der Waals surface area contributed by atoms with Crippen molar-refractivity contribution in [3.8, 4) is 0 Å². The lowest BCUT2D eigenvalue weighted by molar-refractivity contribution is -0.143. The number of fused-ring (bicyclic) bond motifs is 1. The van der Waals surface area contributed by atoms with Gasteiger partial charge in [0.05, 0.1) is 23.8 Å². The third-order valence-electron chi connectivity index (χ3n) is 4.83. The highest BCUT2D eigenvalue weighted by atomic mass is 19.4. The number of benzene rings is 2. The number of anilines is 1. The van der Waals surface area contributed by atoms with E-state index in [1.165, 1.54) is 0 Å². The Morgan fingerprint density at radius 2 is 1.62 bits per heavy atom. The van der Waals surface area contributed by atoms with Crippen LogP contribution in [-0.4, -0.2) is 11.7 Å². The van der Waals surface area contributed by atoms with E-state index in [0.29, 0.717) is 18.6 Å². The summed E-state index contributed by atoms with van der Waals surface area (Å²) in [6, 6.07) is 6.70. The average molecular weight is 415 g/mol. The predicted molar refractivity (Wildman–Crippen MR) is 98.3 cm³/mol. The van der Waals surface area contributed by atoms with Crippen molar-refractivity contribution in [2.75, 3.05) is 11.9 Å². The van der Waals surface area contributed by atoms with Gasteiger partial charge in [0.1, 0.15) is 0 Å². The Morgan fingerprint density at radius 3 is 2.21 bits per heavy atom. The van der Waals surface area contributed by atoms with Crippen LogP contribution in [0.1, 0.15) is 46.7 Å². The highest BCUT2D eigenvalue weighted by Crippen LogP contribution is 2.39. The molecule has 1 atom stereocenters. The summed E-state index contributed by atoms with van der Waals surface area (Å²) in [7, 11) is 0. The molecule has 1 aliphatic carbocycles. The monoisotopic (exact) mass is 415 g/mol. The minimum atomic E-state index is -4.88. The summed E-state index contributed by atoms with van der Waals surface area (Å²) in [5.74, 6) is 0. The fraction of sp³-hybridized carbons (Fsp3) is 0.333. The number of halogens is 6. The van der Waals surface area contributed by atoms with E-state index in [2.05, 4.69) is 5.32 Å². The Morgan fingerprint density at radius 1 is 0.966 bits per heavy atom. The van der Waals surface area contributed by atoms with Crippen LogP contribution in [0.4, 0.5) is 32.0 Å². The van der Waals surface area contributed by atoms with Crippen molar-refractivity contribution in [1.82, 2.24) is 0 Å². The van der Waals surface area contributed by atoms with Gasteiger partial charge in [0.15, 0.2) is 0 Å². The van der Waals surface area contributed by atoms with E-state index in [4.69, 9.17) is 5.11 Å². The molecule has 1 aliphatic rings. The second kappa shape index (κ2) is 8.10. The van der Waals surface area contributed by atoms with Crippen molar-refractivity contribution in [3.63, 3.8) is 0 Å². The van der Waals surface area contributed by atoms with Crippen LogP contribution < -0.4 is 5.32 Å². The quantitative estimate of drug-likeness (QED) is 0.581. The molecule has 0 radical (unpaired) electrons. The van der Waals surface area contributed by atoms with Gasteiger partial charge in [0, 0.05) is 5.69 Å². The SMILES string of the molecule is OC/C=C/c1ccc2c(c1)CCCC2Nc1cc(C(F)(F)F)cc(C(F)(F)F)c1. The summed E-state index contributed by atoms with van der Waals surface area (Å²) < 4.78 is 78.5. The molecule has 0 aliphatic heterocycles. The maximum atomic E-state index is 13.1. The molecule has 2 aromatic rings. The van der Waals surface area contributed by atoms with Gasteiger partial charge < -0.3 is 10.4 Å². The molecule has 8 heteroatoms. The van der Waals surface area contributed by atoms with E-state index in [0.717, 1.165) is 29.5 Å². The van der Waals surface area contributed by atoms with Crippen LogP contribution in [-0.2, 0) is 18.8 Å². The van der Waals surface area contributed by atoms with Crippen molar-refractivity contribution >= 4 is 11.8 Å². The van der Waals surface area contributed by atoms with E-state index in [-0.39, 0.29) is 24.4 Å². The smallest absolute Gasteiger partial charge is 0.392 e. The van der Waals surface area contributed by atoms with Gasteiger partial charge in [-0.3, -0.25) is 0 Å². The Hall–Kier alpha value is -2.48. The second-order valence-corrected chi connectivity index (χ2v) is 6.93. The standard InChI is InChI=1S/C21H19F6NO/c22-20(23,24)15-10-16(21(25,26)27)12-17(11-15)28-19-5-1-4-14-9-13(3-2-8-29)6-7-18(14)19/h2-3,6-7,9-12,19,28-29H,1,4-5,8H2/b3-2+. The van der Waals surface area contributed by atoms with Crippen molar-refractivity contribution in [2.45, 2.75) is 37.7 Å². The number of alkyl halides is 6. The third-order valence-corrected chi connectivity index (χ3v) is 4.83. The van der Waals surface area contributed by atoms with Crippen LogP contribution in [0.2, 0.25) is 0 Å². The van der Waals surface area contributed by atoms with Crippen LogP contribution in [0.5, 0.6) is 0 Å². The first-order valence-electron chi connectivity index (χ1n) is 9.04. The van der Waals surface area contributed by atoms with E-state index in [1.54, 1.807) is 18.2 Å². The van der Waals surface area contributed by atoms with Gasteiger partial charge in [-0.25, -0.2) is 0 Å². The van der Waals surface area contributed by atoms with E-state index >= 15 is 0 Å². The fourth-order valence-electron chi connectivity index (χ4n) is 3.52. The molecule has 0 amide bonds. The molecule has 0 bridgehead atoms. The molecule has 0 saturated carbocycles. The van der Waals surface area contributed by atoms with Crippen LogP contribution >= 0.6 is 0 Å². The minimum absolute atomic E-state index is 0.0989. The van der Waals surface area contributed by atoms with Crippen LogP contribution in [0, 0.1) is 0 Å². The zero-order valence-electron chi connectivity index (χ0n) is 15.2. The summed E-state index contributed by atoms with van der Waals surface area (Å²) in [4.78, 5) is 0. The van der Waals surface area contributed by atoms with Crippen LogP contribution in [0.3, 0.4) is 0 Å². The van der Waals surface area contributed by atoms with E-state index in [9.17, 15) is 26.3 Å². The molecular formula is C21H19F6NO. The number of aliphatic hydroxyl groups is 1. The highest BCUT2D eigenvalue weighted by Gasteiger charge is 2.37. The molecule has 1 unspecified atom stereocenters. The normalized spacial score (nSPS) is 17.4. The number of hydrogen-bond acceptors (Lipinski definition) is 2. The Bertz CT molecular complexity index is 869. The first-order chi connectivity index (χ1) is 13.6. The van der Waals surface area contributed by atoms with E-state index < -0.39 is 23.5 Å². The molecule has 29 heavy (non-hydrogen) atoms. The zero-order valence-corrected chi connectivity index (χ0v) is 15.2. The Kier molecular flexibility index (Phi) is 5.93. The van der Waals surface area contributed by atoms with Gasteiger partial charge in [0.25, 0.3) is 0 Å². The van der Waals surface area contributed by atoms with E-state index in [1.807, 2.05) is 12.1 Å². The molecule has 0 heterocycles. The molecule has 0 fully saturated rings. The van der Waals surface area contributed by atoms with Crippen LogP contribution in [0.15, 0.2) is 42.5 Å². The second-order valence-electron chi connectivity index (χ2n) is 6.93. The maximum Gasteiger partial charge on any atom is 0.416 e. The summed E-state index contributed by atoms with van der Waals surface area (Å²) in [6.45, 7) is -0.0989. The lowest BCUT2D eigenvalue weighted by atomic mass is 9.86. The lowest BCUT2D eigenvalue weighted by Gasteiger charge is -2.28. The summed E-state index contributed by atoms with van der Waals surface area (Å²) in [5.41, 5.74) is -0.183. The highest BCUT2D eigenvalue weighted by molar-refractivity contribution is 5.56.